The summed E-state index contributed by atoms with van der Waals surface area (Å²) in [5.74, 6) is 0. The molecule has 3 heteroatoms. The molecule has 0 spiro atoms. The van der Waals surface area contributed by atoms with Gasteiger partial charge in [0, 0.05) is 12.2 Å². The van der Waals surface area contributed by atoms with Crippen LogP contribution in [0.25, 0.3) is 0 Å². The van der Waals surface area contributed by atoms with E-state index in [0.29, 0.717) is 6.04 Å². The molecular weight excluding hydrogens is 186 g/mol. The molecule has 0 aliphatic carbocycles. The van der Waals surface area contributed by atoms with Gasteiger partial charge in [0.25, 0.3) is 0 Å². The van der Waals surface area contributed by atoms with Gasteiger partial charge in [-0.05, 0) is 31.9 Å². The van der Waals surface area contributed by atoms with Crippen molar-refractivity contribution in [3.05, 3.63) is 18.0 Å². The summed E-state index contributed by atoms with van der Waals surface area (Å²) in [4.78, 5) is 0. The van der Waals surface area contributed by atoms with Gasteiger partial charge in [-0.1, -0.05) is 20.3 Å². The minimum absolute atomic E-state index is 0.564. The van der Waals surface area contributed by atoms with E-state index in [1.807, 2.05) is 10.9 Å². The van der Waals surface area contributed by atoms with Crippen molar-refractivity contribution in [2.45, 2.75) is 52.6 Å². The van der Waals surface area contributed by atoms with Gasteiger partial charge in [0.1, 0.15) is 0 Å². The lowest BCUT2D eigenvalue weighted by Gasteiger charge is -2.17. The van der Waals surface area contributed by atoms with Crippen LogP contribution in [-0.2, 0) is 6.54 Å². The van der Waals surface area contributed by atoms with Crippen LogP contribution < -0.4 is 5.32 Å². The summed E-state index contributed by atoms with van der Waals surface area (Å²) >= 11 is 0. The number of hydrogen-bond acceptors (Lipinski definition) is 2. The van der Waals surface area contributed by atoms with Gasteiger partial charge in [-0.2, -0.15) is 5.10 Å². The van der Waals surface area contributed by atoms with Crippen LogP contribution in [0.1, 0.15) is 38.7 Å². The van der Waals surface area contributed by atoms with Crippen molar-refractivity contribution in [3.8, 4) is 0 Å². The molecule has 15 heavy (non-hydrogen) atoms. The first-order chi connectivity index (χ1) is 7.26. The Bertz CT molecular complexity index is 268. The van der Waals surface area contributed by atoms with E-state index in [2.05, 4.69) is 37.4 Å². The summed E-state index contributed by atoms with van der Waals surface area (Å²) in [6.45, 7) is 8.60. The topological polar surface area (TPSA) is 29.9 Å². The summed E-state index contributed by atoms with van der Waals surface area (Å²) in [6, 6.07) is 0.564. The molecule has 1 rings (SSSR count). The Hall–Kier alpha value is -0.830. The Kier molecular flexibility index (Phi) is 5.40. The predicted molar refractivity (Wildman–Crippen MR) is 64.0 cm³/mol. The maximum Gasteiger partial charge on any atom is 0.0562 e. The molecule has 1 unspecified atom stereocenters. The second-order valence-electron chi connectivity index (χ2n) is 4.18. The molecule has 0 aliphatic heterocycles. The molecule has 0 aromatic carbocycles. The monoisotopic (exact) mass is 209 g/mol. The van der Waals surface area contributed by atoms with Gasteiger partial charge in [-0.3, -0.25) is 4.68 Å². The first kappa shape index (κ1) is 12.2. The third-order valence-corrected chi connectivity index (χ3v) is 2.49. The van der Waals surface area contributed by atoms with Gasteiger partial charge in [-0.15, -0.1) is 0 Å². The van der Waals surface area contributed by atoms with Crippen LogP contribution in [0.5, 0.6) is 0 Å². The Morgan fingerprint density at radius 1 is 1.40 bits per heavy atom. The molecule has 3 nitrogen and oxygen atoms in total. The highest BCUT2D eigenvalue weighted by Gasteiger charge is 2.07. The lowest BCUT2D eigenvalue weighted by Crippen LogP contribution is -2.33. The zero-order chi connectivity index (χ0) is 11.1. The molecule has 0 fully saturated rings. The molecule has 0 aliphatic rings. The van der Waals surface area contributed by atoms with Crippen molar-refractivity contribution < 1.29 is 0 Å². The zero-order valence-electron chi connectivity index (χ0n) is 10.2. The average molecular weight is 209 g/mol. The molecule has 0 bridgehead atoms. The van der Waals surface area contributed by atoms with Crippen LogP contribution in [0.2, 0.25) is 0 Å². The number of nitrogens with one attached hydrogen (secondary N) is 1. The molecule has 1 atom stereocenters. The Balaban J connectivity index is 2.42. The summed E-state index contributed by atoms with van der Waals surface area (Å²) in [7, 11) is 0. The first-order valence-electron chi connectivity index (χ1n) is 5.98. The SMILES string of the molecule is CCCNC(CCC)Cn1cc(C)cn1. The highest BCUT2D eigenvalue weighted by molar-refractivity contribution is 4.99. The molecule has 0 radical (unpaired) electrons. The van der Waals surface area contributed by atoms with E-state index in [1.165, 1.54) is 24.8 Å². The van der Waals surface area contributed by atoms with Gasteiger partial charge in [0.2, 0.25) is 0 Å². The molecule has 1 N–H and O–H groups in total. The first-order valence-corrected chi connectivity index (χ1v) is 5.98. The smallest absolute Gasteiger partial charge is 0.0562 e. The quantitative estimate of drug-likeness (QED) is 0.747. The third-order valence-electron chi connectivity index (χ3n) is 2.49. The van der Waals surface area contributed by atoms with Crippen LogP contribution in [0, 0.1) is 6.92 Å². The summed E-state index contributed by atoms with van der Waals surface area (Å²) in [5.41, 5.74) is 1.24. The Morgan fingerprint density at radius 2 is 2.20 bits per heavy atom. The van der Waals surface area contributed by atoms with Crippen LogP contribution in [-0.4, -0.2) is 22.4 Å². The molecule has 1 heterocycles. The van der Waals surface area contributed by atoms with Crippen LogP contribution >= 0.6 is 0 Å². The Labute approximate surface area is 92.9 Å². The van der Waals surface area contributed by atoms with Gasteiger partial charge in [-0.25, -0.2) is 0 Å². The van der Waals surface area contributed by atoms with Gasteiger partial charge in [0.15, 0.2) is 0 Å². The number of hydrogen-bond donors (Lipinski definition) is 1. The van der Waals surface area contributed by atoms with Crippen molar-refractivity contribution in [3.63, 3.8) is 0 Å². The molecule has 1 aromatic rings. The highest BCUT2D eigenvalue weighted by Crippen LogP contribution is 2.02. The summed E-state index contributed by atoms with van der Waals surface area (Å²) < 4.78 is 2.04. The Morgan fingerprint density at radius 3 is 2.73 bits per heavy atom. The van der Waals surface area contributed by atoms with E-state index in [-0.39, 0.29) is 0 Å². The number of nitrogens with zero attached hydrogens (tertiary/aromatic N) is 2. The number of aromatic nitrogens is 2. The minimum Gasteiger partial charge on any atom is -0.312 e. The molecular formula is C12H23N3. The van der Waals surface area contributed by atoms with Crippen molar-refractivity contribution >= 4 is 0 Å². The predicted octanol–water partition coefficient (Wildman–Crippen LogP) is 2.36. The maximum atomic E-state index is 4.32. The number of rotatable bonds is 7. The summed E-state index contributed by atoms with van der Waals surface area (Å²) in [6.07, 6.45) is 7.66. The fraction of sp³-hybridized carbons (Fsp3) is 0.750. The van der Waals surface area contributed by atoms with Crippen molar-refractivity contribution in [1.82, 2.24) is 15.1 Å². The normalized spacial score (nSPS) is 13.0. The number of aryl methyl sites for hydroxylation is 1. The van der Waals surface area contributed by atoms with Crippen LogP contribution in [0.15, 0.2) is 12.4 Å². The molecule has 0 saturated carbocycles. The third kappa shape index (κ3) is 4.47. The molecule has 0 saturated heterocycles. The lowest BCUT2D eigenvalue weighted by molar-refractivity contribution is 0.402. The van der Waals surface area contributed by atoms with E-state index in [0.717, 1.165) is 13.1 Å². The summed E-state index contributed by atoms with van der Waals surface area (Å²) in [5, 5.41) is 7.89. The highest BCUT2D eigenvalue weighted by atomic mass is 15.3. The van der Waals surface area contributed by atoms with Crippen molar-refractivity contribution in [1.29, 1.82) is 0 Å². The second kappa shape index (κ2) is 6.62. The average Bonchev–Trinajstić information content (AvgIpc) is 2.61. The van der Waals surface area contributed by atoms with Crippen LogP contribution in [0.4, 0.5) is 0 Å². The van der Waals surface area contributed by atoms with E-state index in [9.17, 15) is 0 Å². The van der Waals surface area contributed by atoms with E-state index >= 15 is 0 Å². The van der Waals surface area contributed by atoms with Crippen molar-refractivity contribution in [2.75, 3.05) is 6.54 Å². The maximum absolute atomic E-state index is 4.32. The molecule has 1 aromatic heterocycles. The van der Waals surface area contributed by atoms with Crippen molar-refractivity contribution in [2.24, 2.45) is 0 Å². The fourth-order valence-corrected chi connectivity index (χ4v) is 1.75. The van der Waals surface area contributed by atoms with E-state index < -0.39 is 0 Å². The van der Waals surface area contributed by atoms with Crippen LogP contribution in [0.3, 0.4) is 0 Å². The molecule has 0 amide bonds. The standard InChI is InChI=1S/C12H23N3/c1-4-6-12(13-7-5-2)10-15-9-11(3)8-14-15/h8-9,12-13H,4-7,10H2,1-3H3. The minimum atomic E-state index is 0.564. The van der Waals surface area contributed by atoms with Gasteiger partial charge >= 0.3 is 0 Å². The van der Waals surface area contributed by atoms with Gasteiger partial charge < -0.3 is 5.32 Å². The zero-order valence-corrected chi connectivity index (χ0v) is 10.2. The second-order valence-corrected chi connectivity index (χ2v) is 4.18. The van der Waals surface area contributed by atoms with E-state index in [4.69, 9.17) is 0 Å². The molecule has 86 valence electrons. The van der Waals surface area contributed by atoms with Gasteiger partial charge in [0.05, 0.1) is 12.7 Å². The fourth-order valence-electron chi connectivity index (χ4n) is 1.75. The van der Waals surface area contributed by atoms with E-state index in [1.54, 1.807) is 0 Å². The largest absolute Gasteiger partial charge is 0.312 e. The lowest BCUT2D eigenvalue weighted by atomic mass is 10.1.